The van der Waals surface area contributed by atoms with Crippen LogP contribution in [0.1, 0.15) is 45.2 Å². The maximum absolute atomic E-state index is 13.7. The predicted octanol–water partition coefficient (Wildman–Crippen LogP) is 3.03. The molecule has 3 aliphatic heterocycles. The summed E-state index contributed by atoms with van der Waals surface area (Å²) in [5.74, 6) is -0.738. The second-order valence-corrected chi connectivity index (χ2v) is 8.25. The van der Waals surface area contributed by atoms with E-state index in [0.717, 1.165) is 25.9 Å². The number of halogens is 1. The van der Waals surface area contributed by atoms with Gasteiger partial charge >= 0.3 is 12.1 Å². The summed E-state index contributed by atoms with van der Waals surface area (Å²) in [5, 5.41) is 2.53. The first-order chi connectivity index (χ1) is 12.7. The Labute approximate surface area is 159 Å². The molecule has 0 saturated carbocycles. The fourth-order valence-corrected chi connectivity index (χ4v) is 3.65. The number of hydrogen-bond acceptors (Lipinski definition) is 5. The maximum Gasteiger partial charge on any atom is 0.408 e. The van der Waals surface area contributed by atoms with E-state index < -0.39 is 29.5 Å². The first-order valence-electron chi connectivity index (χ1n) is 9.39. The lowest BCUT2D eigenvalue weighted by Crippen LogP contribution is -2.52. The molecule has 6 nitrogen and oxygen atoms in total. The molecule has 7 heteroatoms. The Bertz CT molecular complexity index is 695. The smallest absolute Gasteiger partial charge is 0.408 e. The van der Waals surface area contributed by atoms with Crippen molar-refractivity contribution in [2.45, 2.75) is 51.4 Å². The van der Waals surface area contributed by atoms with Crippen LogP contribution in [-0.2, 0) is 14.3 Å². The normalized spacial score (nSPS) is 25.6. The highest BCUT2D eigenvalue weighted by Crippen LogP contribution is 2.30. The van der Waals surface area contributed by atoms with Gasteiger partial charge in [0.05, 0.1) is 0 Å². The van der Waals surface area contributed by atoms with E-state index in [9.17, 15) is 14.0 Å². The van der Waals surface area contributed by atoms with Crippen molar-refractivity contribution >= 4 is 12.1 Å². The molecule has 0 radical (unpaired) electrons. The van der Waals surface area contributed by atoms with Crippen LogP contribution in [0, 0.1) is 11.7 Å². The Morgan fingerprint density at radius 3 is 2.52 bits per heavy atom. The van der Waals surface area contributed by atoms with E-state index in [1.807, 2.05) is 0 Å². The summed E-state index contributed by atoms with van der Waals surface area (Å²) in [6, 6.07) is 4.47. The lowest BCUT2D eigenvalue weighted by Gasteiger charge is -2.44. The lowest BCUT2D eigenvalue weighted by molar-refractivity contribution is -0.161. The van der Waals surface area contributed by atoms with Gasteiger partial charge in [-0.25, -0.2) is 14.0 Å². The van der Waals surface area contributed by atoms with E-state index >= 15 is 0 Å². The van der Waals surface area contributed by atoms with E-state index in [2.05, 4.69) is 10.2 Å². The van der Waals surface area contributed by atoms with Crippen LogP contribution in [-0.4, -0.2) is 48.3 Å². The molecule has 3 fully saturated rings. The van der Waals surface area contributed by atoms with Crippen molar-refractivity contribution in [2.24, 2.45) is 5.92 Å². The third-order valence-corrected chi connectivity index (χ3v) is 4.94. The van der Waals surface area contributed by atoms with E-state index in [4.69, 9.17) is 9.47 Å². The maximum atomic E-state index is 13.7. The molecule has 1 aromatic rings. The number of ether oxygens (including phenoxy) is 2. The molecule has 3 saturated heterocycles. The fourth-order valence-electron chi connectivity index (χ4n) is 3.65. The van der Waals surface area contributed by atoms with Gasteiger partial charge < -0.3 is 14.8 Å². The third-order valence-electron chi connectivity index (χ3n) is 4.94. The highest BCUT2D eigenvalue weighted by molar-refractivity contribution is 5.83. The van der Waals surface area contributed by atoms with Crippen molar-refractivity contribution in [2.75, 3.05) is 19.6 Å². The summed E-state index contributed by atoms with van der Waals surface area (Å²) in [7, 11) is 0. The molecule has 2 atom stereocenters. The van der Waals surface area contributed by atoms with Gasteiger partial charge in [-0.15, -0.1) is 0 Å². The number of carbonyl (C=O) groups is 2. The van der Waals surface area contributed by atoms with E-state index in [0.29, 0.717) is 18.0 Å². The molecule has 0 aromatic heterocycles. The molecule has 2 bridgehead atoms. The van der Waals surface area contributed by atoms with Gasteiger partial charge in [0.15, 0.2) is 6.04 Å². The SMILES string of the molecule is CC(C)(C)OC(=O)NC(C(=O)O[C@H]1CN2CCC1CC2)c1cccc(F)c1. The van der Waals surface area contributed by atoms with Crippen molar-refractivity contribution in [3.63, 3.8) is 0 Å². The minimum Gasteiger partial charge on any atom is -0.459 e. The Morgan fingerprint density at radius 1 is 1.26 bits per heavy atom. The monoisotopic (exact) mass is 378 g/mol. The number of esters is 1. The topological polar surface area (TPSA) is 67.9 Å². The van der Waals surface area contributed by atoms with Crippen LogP contribution in [0.25, 0.3) is 0 Å². The summed E-state index contributed by atoms with van der Waals surface area (Å²) in [4.78, 5) is 27.3. The minimum absolute atomic E-state index is 0.198. The molecule has 0 spiro atoms. The number of carbonyl (C=O) groups excluding carboxylic acids is 2. The van der Waals surface area contributed by atoms with E-state index in [1.165, 1.54) is 18.2 Å². The van der Waals surface area contributed by atoms with Gasteiger partial charge in [-0.3, -0.25) is 4.90 Å². The number of benzene rings is 1. The second kappa shape index (κ2) is 7.84. The first kappa shape index (κ1) is 19.6. The molecule has 4 rings (SSSR count). The molecule has 1 N–H and O–H groups in total. The molecule has 27 heavy (non-hydrogen) atoms. The molecule has 3 heterocycles. The van der Waals surface area contributed by atoms with Gasteiger partial charge in [0.2, 0.25) is 0 Å². The highest BCUT2D eigenvalue weighted by atomic mass is 19.1. The Balaban J connectivity index is 1.74. The van der Waals surface area contributed by atoms with Crippen molar-refractivity contribution in [1.29, 1.82) is 0 Å². The Hall–Kier alpha value is -2.15. The molecular formula is C20H27FN2O4. The Kier molecular flexibility index (Phi) is 5.69. The average molecular weight is 378 g/mol. The number of amides is 1. The van der Waals surface area contributed by atoms with Crippen molar-refractivity contribution < 1.29 is 23.5 Å². The van der Waals surface area contributed by atoms with Crippen LogP contribution < -0.4 is 5.32 Å². The van der Waals surface area contributed by atoms with Gasteiger partial charge in [-0.2, -0.15) is 0 Å². The zero-order valence-electron chi connectivity index (χ0n) is 16.0. The van der Waals surface area contributed by atoms with Gasteiger partial charge in [0.25, 0.3) is 0 Å². The summed E-state index contributed by atoms with van der Waals surface area (Å²) < 4.78 is 24.7. The van der Waals surface area contributed by atoms with Crippen LogP contribution in [0.15, 0.2) is 24.3 Å². The fraction of sp³-hybridized carbons (Fsp3) is 0.600. The van der Waals surface area contributed by atoms with Crippen LogP contribution in [0.2, 0.25) is 0 Å². The lowest BCUT2D eigenvalue weighted by atomic mass is 9.86. The summed E-state index contributed by atoms with van der Waals surface area (Å²) >= 11 is 0. The van der Waals surface area contributed by atoms with E-state index in [1.54, 1.807) is 26.8 Å². The molecule has 3 aliphatic rings. The first-order valence-corrected chi connectivity index (χ1v) is 9.39. The van der Waals surface area contributed by atoms with Crippen LogP contribution in [0.3, 0.4) is 0 Å². The van der Waals surface area contributed by atoms with Crippen molar-refractivity contribution in [1.82, 2.24) is 10.2 Å². The number of alkyl carbamates (subject to hydrolysis) is 1. The second-order valence-electron chi connectivity index (χ2n) is 8.25. The van der Waals surface area contributed by atoms with Crippen molar-refractivity contribution in [3.8, 4) is 0 Å². The highest BCUT2D eigenvalue weighted by Gasteiger charge is 2.38. The van der Waals surface area contributed by atoms with Crippen LogP contribution >= 0.6 is 0 Å². The third kappa shape index (κ3) is 5.19. The average Bonchev–Trinajstić information content (AvgIpc) is 2.59. The summed E-state index contributed by atoms with van der Waals surface area (Å²) in [5.41, 5.74) is -0.386. The van der Waals surface area contributed by atoms with E-state index in [-0.39, 0.29) is 6.10 Å². The van der Waals surface area contributed by atoms with Gasteiger partial charge in [-0.05, 0) is 70.3 Å². The molecular weight excluding hydrogens is 351 g/mol. The number of nitrogens with zero attached hydrogens (tertiary/aromatic N) is 1. The molecule has 1 unspecified atom stereocenters. The number of fused-ring (bicyclic) bond motifs is 3. The quantitative estimate of drug-likeness (QED) is 0.816. The molecule has 1 aromatic carbocycles. The van der Waals surface area contributed by atoms with Crippen LogP contribution in [0.5, 0.6) is 0 Å². The van der Waals surface area contributed by atoms with Gasteiger partial charge in [0.1, 0.15) is 17.5 Å². The molecule has 1 amide bonds. The standard InChI is InChI=1S/C20H27FN2O4/c1-20(2,3)27-19(25)22-17(14-5-4-6-15(21)11-14)18(24)26-16-12-23-9-7-13(16)8-10-23/h4-6,11,13,16-17H,7-10,12H2,1-3H3,(H,22,25)/t16-,17?/m0/s1. The van der Waals surface area contributed by atoms with Crippen LogP contribution in [0.4, 0.5) is 9.18 Å². The minimum atomic E-state index is -1.12. The van der Waals surface area contributed by atoms with Gasteiger partial charge in [0, 0.05) is 6.54 Å². The number of rotatable bonds is 4. The Morgan fingerprint density at radius 2 is 1.96 bits per heavy atom. The summed E-state index contributed by atoms with van der Waals surface area (Å²) in [6.07, 6.45) is 1.06. The zero-order chi connectivity index (χ0) is 19.6. The number of hydrogen-bond donors (Lipinski definition) is 1. The molecule has 0 aliphatic carbocycles. The predicted molar refractivity (Wildman–Crippen MR) is 97.6 cm³/mol. The number of piperidine rings is 3. The molecule has 148 valence electrons. The summed E-state index contributed by atoms with van der Waals surface area (Å²) in [6.45, 7) is 7.96. The van der Waals surface area contributed by atoms with Gasteiger partial charge in [-0.1, -0.05) is 12.1 Å². The number of nitrogens with one attached hydrogen (secondary N) is 1. The van der Waals surface area contributed by atoms with Crippen molar-refractivity contribution in [3.05, 3.63) is 35.6 Å². The largest absolute Gasteiger partial charge is 0.459 e. The zero-order valence-corrected chi connectivity index (χ0v) is 16.0.